The highest BCUT2D eigenvalue weighted by molar-refractivity contribution is 6.38. The number of nitrogens with one attached hydrogen (secondary N) is 1. The van der Waals surface area contributed by atoms with Crippen LogP contribution in [-0.2, 0) is 9.59 Å². The quantitative estimate of drug-likeness (QED) is 0.227. The van der Waals surface area contributed by atoms with E-state index in [4.69, 9.17) is 5.84 Å². The summed E-state index contributed by atoms with van der Waals surface area (Å²) in [5.74, 6) is 3.36. The van der Waals surface area contributed by atoms with E-state index in [1.54, 1.807) is 6.92 Å². The molecule has 4 amide bonds. The number of urea groups is 1. The van der Waals surface area contributed by atoms with Gasteiger partial charge >= 0.3 is 17.8 Å². The van der Waals surface area contributed by atoms with E-state index in [2.05, 4.69) is 0 Å². The molecule has 1 aliphatic rings. The van der Waals surface area contributed by atoms with Gasteiger partial charge < -0.3 is 4.90 Å². The van der Waals surface area contributed by atoms with Crippen LogP contribution in [0.2, 0.25) is 0 Å². The average Bonchev–Trinajstić information content (AvgIpc) is 2.21. The molecule has 0 aromatic rings. The SMILES string of the molecule is CCN1CCN(C(=O)NN)C(=O)C1=O. The maximum absolute atomic E-state index is 11.3. The van der Waals surface area contributed by atoms with E-state index in [9.17, 15) is 14.4 Å². The smallest absolute Gasteiger partial charge is 0.333 e. The summed E-state index contributed by atoms with van der Waals surface area (Å²) in [7, 11) is 0. The first-order chi connectivity index (χ1) is 6.61. The number of hydrogen-bond acceptors (Lipinski definition) is 4. The third-order valence-corrected chi connectivity index (χ3v) is 2.06. The first-order valence-electron chi connectivity index (χ1n) is 4.23. The van der Waals surface area contributed by atoms with E-state index < -0.39 is 17.8 Å². The molecule has 0 unspecified atom stereocenters. The molecule has 7 nitrogen and oxygen atoms in total. The van der Waals surface area contributed by atoms with Crippen molar-refractivity contribution < 1.29 is 14.4 Å². The molecule has 0 atom stereocenters. The third kappa shape index (κ3) is 1.67. The zero-order valence-electron chi connectivity index (χ0n) is 7.82. The van der Waals surface area contributed by atoms with Crippen molar-refractivity contribution in [2.24, 2.45) is 5.84 Å². The second-order valence-electron chi connectivity index (χ2n) is 2.79. The van der Waals surface area contributed by atoms with Crippen LogP contribution in [0.4, 0.5) is 4.79 Å². The summed E-state index contributed by atoms with van der Waals surface area (Å²) in [5, 5.41) is 0. The van der Waals surface area contributed by atoms with Gasteiger partial charge in [-0.05, 0) is 6.92 Å². The molecule has 1 rings (SSSR count). The number of carbonyl (C=O) groups is 3. The Bertz CT molecular complexity index is 278. The van der Waals surface area contributed by atoms with Gasteiger partial charge in [0.05, 0.1) is 0 Å². The maximum atomic E-state index is 11.3. The van der Waals surface area contributed by atoms with Gasteiger partial charge in [0.25, 0.3) is 0 Å². The van der Waals surface area contributed by atoms with Crippen molar-refractivity contribution >= 4 is 17.8 Å². The van der Waals surface area contributed by atoms with Gasteiger partial charge in [0.15, 0.2) is 0 Å². The van der Waals surface area contributed by atoms with Crippen LogP contribution < -0.4 is 11.3 Å². The van der Waals surface area contributed by atoms with E-state index in [1.807, 2.05) is 5.43 Å². The van der Waals surface area contributed by atoms with Crippen molar-refractivity contribution in [1.82, 2.24) is 15.2 Å². The number of likely N-dealkylation sites (N-methyl/N-ethyl adjacent to an activating group) is 1. The van der Waals surface area contributed by atoms with Crippen LogP contribution >= 0.6 is 0 Å². The number of piperazine rings is 1. The molecule has 1 heterocycles. The van der Waals surface area contributed by atoms with Crippen LogP contribution in [0.3, 0.4) is 0 Å². The number of hydrazine groups is 1. The predicted molar refractivity (Wildman–Crippen MR) is 46.7 cm³/mol. The summed E-state index contributed by atoms with van der Waals surface area (Å²) in [6.07, 6.45) is 0. The lowest BCUT2D eigenvalue weighted by molar-refractivity contribution is -0.153. The normalized spacial score (nSPS) is 17.3. The fraction of sp³-hybridized carbons (Fsp3) is 0.571. The Labute approximate surface area is 80.8 Å². The Morgan fingerprint density at radius 2 is 2.07 bits per heavy atom. The molecule has 0 aromatic carbocycles. The summed E-state index contributed by atoms with van der Waals surface area (Å²) in [6.45, 7) is 2.77. The van der Waals surface area contributed by atoms with Gasteiger partial charge in [0.2, 0.25) is 0 Å². The number of imide groups is 1. The Balaban J connectivity index is 2.74. The van der Waals surface area contributed by atoms with Crippen molar-refractivity contribution in [2.75, 3.05) is 19.6 Å². The highest BCUT2D eigenvalue weighted by atomic mass is 16.2. The van der Waals surface area contributed by atoms with Gasteiger partial charge in [-0.3, -0.25) is 19.9 Å². The summed E-state index contributed by atoms with van der Waals surface area (Å²) in [6, 6.07) is -0.751. The second-order valence-corrected chi connectivity index (χ2v) is 2.79. The van der Waals surface area contributed by atoms with Gasteiger partial charge in [-0.25, -0.2) is 10.6 Å². The molecular weight excluding hydrogens is 188 g/mol. The molecule has 0 radical (unpaired) electrons. The standard InChI is InChI=1S/C7H12N4O3/c1-2-10-3-4-11(7(14)9-8)6(13)5(10)12/h2-4,8H2,1H3,(H,9,14). The van der Waals surface area contributed by atoms with Crippen molar-refractivity contribution in [2.45, 2.75) is 6.92 Å². The summed E-state index contributed by atoms with van der Waals surface area (Å²) < 4.78 is 0. The molecule has 0 aliphatic carbocycles. The van der Waals surface area contributed by atoms with E-state index in [0.29, 0.717) is 13.1 Å². The van der Waals surface area contributed by atoms with E-state index in [1.165, 1.54) is 4.90 Å². The first-order valence-corrected chi connectivity index (χ1v) is 4.23. The molecule has 0 bridgehead atoms. The summed E-state index contributed by atoms with van der Waals surface area (Å²) in [5.41, 5.74) is 1.81. The molecule has 0 spiro atoms. The van der Waals surface area contributed by atoms with Crippen molar-refractivity contribution in [3.05, 3.63) is 0 Å². The Kier molecular flexibility index (Phi) is 3.03. The number of rotatable bonds is 1. The number of hydrogen-bond donors (Lipinski definition) is 2. The Morgan fingerprint density at radius 3 is 2.57 bits per heavy atom. The van der Waals surface area contributed by atoms with Gasteiger partial charge in [0.1, 0.15) is 0 Å². The van der Waals surface area contributed by atoms with E-state index in [-0.39, 0.29) is 6.54 Å². The zero-order valence-corrected chi connectivity index (χ0v) is 7.82. The molecular formula is C7H12N4O3. The third-order valence-electron chi connectivity index (χ3n) is 2.06. The first kappa shape index (κ1) is 10.5. The monoisotopic (exact) mass is 200 g/mol. The highest BCUT2D eigenvalue weighted by Crippen LogP contribution is 2.04. The summed E-state index contributed by atoms with van der Waals surface area (Å²) in [4.78, 5) is 35.8. The molecule has 0 saturated carbocycles. The molecule has 1 fully saturated rings. The lowest BCUT2D eigenvalue weighted by Crippen LogP contribution is -2.58. The number of carbonyl (C=O) groups excluding carboxylic acids is 3. The van der Waals surface area contributed by atoms with Crippen LogP contribution in [-0.4, -0.2) is 47.3 Å². The van der Waals surface area contributed by atoms with Gasteiger partial charge in [-0.2, -0.15) is 0 Å². The van der Waals surface area contributed by atoms with Crippen molar-refractivity contribution in [3.8, 4) is 0 Å². The minimum absolute atomic E-state index is 0.182. The lowest BCUT2D eigenvalue weighted by Gasteiger charge is -2.31. The molecule has 78 valence electrons. The zero-order chi connectivity index (χ0) is 10.7. The van der Waals surface area contributed by atoms with Crippen molar-refractivity contribution in [3.63, 3.8) is 0 Å². The number of nitrogens with two attached hydrogens (primary N) is 1. The average molecular weight is 200 g/mol. The minimum atomic E-state index is -0.832. The fourth-order valence-electron chi connectivity index (χ4n) is 1.25. The molecule has 0 aromatic heterocycles. The van der Waals surface area contributed by atoms with Crippen LogP contribution in [0, 0.1) is 0 Å². The largest absolute Gasteiger partial charge is 0.338 e. The second kappa shape index (κ2) is 4.05. The van der Waals surface area contributed by atoms with E-state index in [0.717, 1.165) is 4.90 Å². The summed E-state index contributed by atoms with van der Waals surface area (Å²) >= 11 is 0. The van der Waals surface area contributed by atoms with Crippen LogP contribution in [0.15, 0.2) is 0 Å². The van der Waals surface area contributed by atoms with Crippen LogP contribution in [0.25, 0.3) is 0 Å². The Morgan fingerprint density at radius 1 is 1.43 bits per heavy atom. The lowest BCUT2D eigenvalue weighted by atomic mass is 10.3. The van der Waals surface area contributed by atoms with Gasteiger partial charge in [-0.15, -0.1) is 0 Å². The van der Waals surface area contributed by atoms with Crippen LogP contribution in [0.1, 0.15) is 6.92 Å². The van der Waals surface area contributed by atoms with Gasteiger partial charge in [-0.1, -0.05) is 0 Å². The number of nitrogens with zero attached hydrogens (tertiary/aromatic N) is 2. The fourth-order valence-corrected chi connectivity index (χ4v) is 1.25. The van der Waals surface area contributed by atoms with E-state index >= 15 is 0 Å². The topological polar surface area (TPSA) is 95.7 Å². The minimum Gasteiger partial charge on any atom is -0.333 e. The molecule has 1 aliphatic heterocycles. The highest BCUT2D eigenvalue weighted by Gasteiger charge is 2.34. The number of amides is 4. The predicted octanol–water partition coefficient (Wildman–Crippen LogP) is -1.74. The van der Waals surface area contributed by atoms with Crippen LogP contribution in [0.5, 0.6) is 0 Å². The van der Waals surface area contributed by atoms with Crippen molar-refractivity contribution in [1.29, 1.82) is 0 Å². The maximum Gasteiger partial charge on any atom is 0.338 e. The Hall–Kier alpha value is -1.63. The molecule has 7 heteroatoms. The van der Waals surface area contributed by atoms with Gasteiger partial charge in [0, 0.05) is 19.6 Å². The molecule has 3 N–H and O–H groups in total. The molecule has 1 saturated heterocycles. The molecule has 14 heavy (non-hydrogen) atoms.